The number of amides is 1. The molecule has 140 valence electrons. The van der Waals surface area contributed by atoms with Gasteiger partial charge in [0.05, 0.1) is 11.3 Å². The van der Waals surface area contributed by atoms with E-state index in [4.69, 9.17) is 0 Å². The van der Waals surface area contributed by atoms with Gasteiger partial charge in [-0.2, -0.15) is 18.2 Å². The summed E-state index contributed by atoms with van der Waals surface area (Å²) >= 11 is 0. The Kier molecular flexibility index (Phi) is 4.26. The highest BCUT2D eigenvalue weighted by atomic mass is 19.4. The molecule has 4 aromatic rings. The number of rotatable bonds is 3. The summed E-state index contributed by atoms with van der Waals surface area (Å²) in [6.07, 6.45) is -2.90. The Morgan fingerprint density at radius 1 is 0.964 bits per heavy atom. The second-order valence-electron chi connectivity index (χ2n) is 5.89. The number of nitrogens with zero attached hydrogens (tertiary/aromatic N) is 4. The minimum Gasteiger partial charge on any atom is -0.289 e. The van der Waals surface area contributed by atoms with Crippen LogP contribution in [0.1, 0.15) is 15.9 Å². The van der Waals surface area contributed by atoms with Crippen LogP contribution in [-0.2, 0) is 6.18 Å². The van der Waals surface area contributed by atoms with Gasteiger partial charge in [-0.15, -0.1) is 5.10 Å². The lowest BCUT2D eigenvalue weighted by molar-refractivity contribution is -0.137. The van der Waals surface area contributed by atoms with Crippen molar-refractivity contribution in [3.8, 4) is 11.3 Å². The molecule has 2 aromatic carbocycles. The maximum Gasteiger partial charge on any atom is 0.416 e. The predicted molar refractivity (Wildman–Crippen MR) is 95.6 cm³/mol. The first-order valence-corrected chi connectivity index (χ1v) is 8.17. The molecule has 0 bridgehead atoms. The average molecular weight is 383 g/mol. The summed E-state index contributed by atoms with van der Waals surface area (Å²) in [5.41, 5.74) is 0.516. The van der Waals surface area contributed by atoms with Gasteiger partial charge in [-0.25, -0.2) is 9.50 Å². The van der Waals surface area contributed by atoms with Crippen molar-refractivity contribution in [1.82, 2.24) is 19.6 Å². The largest absolute Gasteiger partial charge is 0.416 e. The highest BCUT2D eigenvalue weighted by molar-refractivity contribution is 6.03. The molecule has 0 saturated heterocycles. The van der Waals surface area contributed by atoms with Crippen molar-refractivity contribution >= 4 is 17.6 Å². The average Bonchev–Trinajstić information content (AvgIpc) is 3.09. The molecule has 2 aromatic heterocycles. The fourth-order valence-electron chi connectivity index (χ4n) is 2.61. The number of anilines is 1. The van der Waals surface area contributed by atoms with Gasteiger partial charge in [0.15, 0.2) is 0 Å². The predicted octanol–water partition coefficient (Wildman–Crippen LogP) is 4.06. The van der Waals surface area contributed by atoms with Crippen molar-refractivity contribution in [2.24, 2.45) is 0 Å². The molecule has 0 unspecified atom stereocenters. The van der Waals surface area contributed by atoms with Gasteiger partial charge in [0.25, 0.3) is 17.6 Å². The number of nitrogens with one attached hydrogen (secondary N) is 1. The molecule has 0 aliphatic carbocycles. The second-order valence-corrected chi connectivity index (χ2v) is 5.89. The number of hydrogen-bond acceptors (Lipinski definition) is 4. The molecule has 28 heavy (non-hydrogen) atoms. The number of carbonyl (C=O) groups excluding carboxylic acids is 1. The molecule has 9 heteroatoms. The van der Waals surface area contributed by atoms with Crippen LogP contribution in [0.5, 0.6) is 0 Å². The van der Waals surface area contributed by atoms with E-state index in [0.717, 1.165) is 17.7 Å². The first-order chi connectivity index (χ1) is 13.4. The van der Waals surface area contributed by atoms with Gasteiger partial charge in [0, 0.05) is 17.3 Å². The third kappa shape index (κ3) is 3.54. The maximum absolute atomic E-state index is 12.8. The van der Waals surface area contributed by atoms with Gasteiger partial charge >= 0.3 is 6.18 Å². The van der Waals surface area contributed by atoms with Crippen LogP contribution in [0, 0.1) is 0 Å². The number of fused-ring (bicyclic) bond motifs is 1. The van der Waals surface area contributed by atoms with Crippen molar-refractivity contribution in [2.75, 3.05) is 5.32 Å². The zero-order valence-corrected chi connectivity index (χ0v) is 14.2. The zero-order chi connectivity index (χ0) is 19.7. The normalized spacial score (nSPS) is 11.5. The Hall–Kier alpha value is -3.75. The number of alkyl halides is 3. The van der Waals surface area contributed by atoms with Crippen molar-refractivity contribution in [3.05, 3.63) is 78.0 Å². The Labute approximate surface area is 156 Å². The molecule has 0 spiro atoms. The van der Waals surface area contributed by atoms with Crippen LogP contribution in [0.2, 0.25) is 0 Å². The van der Waals surface area contributed by atoms with Crippen LogP contribution in [0.25, 0.3) is 17.0 Å². The van der Waals surface area contributed by atoms with Crippen molar-refractivity contribution in [2.45, 2.75) is 6.18 Å². The molecule has 0 atom stereocenters. The zero-order valence-electron chi connectivity index (χ0n) is 14.2. The lowest BCUT2D eigenvalue weighted by Crippen LogP contribution is -2.14. The minimum atomic E-state index is -4.53. The highest BCUT2D eigenvalue weighted by Gasteiger charge is 2.31. The number of halogens is 3. The van der Waals surface area contributed by atoms with E-state index in [1.807, 2.05) is 30.3 Å². The molecule has 4 rings (SSSR count). The Balaban J connectivity index is 1.59. The van der Waals surface area contributed by atoms with E-state index in [1.165, 1.54) is 16.6 Å². The number of hydrogen-bond donors (Lipinski definition) is 1. The first kappa shape index (κ1) is 17.7. The van der Waals surface area contributed by atoms with Crippen molar-refractivity contribution in [1.29, 1.82) is 0 Å². The molecule has 0 saturated carbocycles. The fourth-order valence-corrected chi connectivity index (χ4v) is 2.61. The summed E-state index contributed by atoms with van der Waals surface area (Å²) in [5.74, 6) is -0.550. The summed E-state index contributed by atoms with van der Waals surface area (Å²) in [6.45, 7) is 0. The van der Waals surface area contributed by atoms with E-state index in [-0.39, 0.29) is 17.3 Å². The Morgan fingerprint density at radius 3 is 2.50 bits per heavy atom. The monoisotopic (exact) mass is 383 g/mol. The molecule has 0 aliphatic heterocycles. The van der Waals surface area contributed by atoms with E-state index >= 15 is 0 Å². The summed E-state index contributed by atoms with van der Waals surface area (Å²) in [5, 5.41) is 6.47. The summed E-state index contributed by atoms with van der Waals surface area (Å²) in [4.78, 5) is 20.8. The van der Waals surface area contributed by atoms with E-state index in [1.54, 1.807) is 12.3 Å². The van der Waals surface area contributed by atoms with E-state index in [2.05, 4.69) is 20.4 Å². The summed E-state index contributed by atoms with van der Waals surface area (Å²) < 4.78 is 39.8. The maximum atomic E-state index is 12.8. The summed E-state index contributed by atoms with van der Waals surface area (Å²) in [6, 6.07) is 15.3. The fraction of sp³-hybridized carbons (Fsp3) is 0.0526. The van der Waals surface area contributed by atoms with Crippen LogP contribution in [0.4, 0.5) is 19.1 Å². The van der Waals surface area contributed by atoms with Gasteiger partial charge in [0.2, 0.25) is 0 Å². The second kappa shape index (κ2) is 6.76. The van der Waals surface area contributed by atoms with Crippen LogP contribution in [-0.4, -0.2) is 25.5 Å². The van der Waals surface area contributed by atoms with Crippen LogP contribution < -0.4 is 5.32 Å². The molecule has 2 heterocycles. The standard InChI is InChI=1S/C19H12F3N5O/c20-19(21,22)14-8-4-7-13(11-14)16(28)24-17-25-18-23-15(9-10-27(18)26-17)12-5-2-1-3-6-12/h1-11H,(H,24,26,28). The van der Waals surface area contributed by atoms with E-state index in [9.17, 15) is 18.0 Å². The SMILES string of the molecule is O=C(Nc1nc2nc(-c3ccccc3)ccn2n1)c1cccc(C(F)(F)F)c1. The molecule has 0 aliphatic rings. The Morgan fingerprint density at radius 2 is 1.75 bits per heavy atom. The van der Waals surface area contributed by atoms with Gasteiger partial charge in [-0.3, -0.25) is 10.1 Å². The Bertz CT molecular complexity index is 1160. The molecule has 1 amide bonds. The molecule has 0 fully saturated rings. The highest BCUT2D eigenvalue weighted by Crippen LogP contribution is 2.29. The summed E-state index contributed by atoms with van der Waals surface area (Å²) in [7, 11) is 0. The van der Waals surface area contributed by atoms with Gasteiger partial charge in [0.1, 0.15) is 0 Å². The minimum absolute atomic E-state index is 0.0554. The lowest BCUT2D eigenvalue weighted by atomic mass is 10.1. The van der Waals surface area contributed by atoms with E-state index < -0.39 is 17.6 Å². The third-order valence-electron chi connectivity index (χ3n) is 3.95. The molecule has 6 nitrogen and oxygen atoms in total. The van der Waals surface area contributed by atoms with Crippen molar-refractivity contribution in [3.63, 3.8) is 0 Å². The van der Waals surface area contributed by atoms with Gasteiger partial charge < -0.3 is 0 Å². The topological polar surface area (TPSA) is 72.2 Å². The van der Waals surface area contributed by atoms with Crippen LogP contribution in [0.3, 0.4) is 0 Å². The first-order valence-electron chi connectivity index (χ1n) is 8.17. The quantitative estimate of drug-likeness (QED) is 0.579. The van der Waals surface area contributed by atoms with Gasteiger partial charge in [-0.1, -0.05) is 36.4 Å². The van der Waals surface area contributed by atoms with Crippen LogP contribution in [0.15, 0.2) is 66.9 Å². The number of carbonyl (C=O) groups is 1. The molecule has 0 radical (unpaired) electrons. The lowest BCUT2D eigenvalue weighted by Gasteiger charge is -2.07. The smallest absolute Gasteiger partial charge is 0.289 e. The molecular weight excluding hydrogens is 371 g/mol. The van der Waals surface area contributed by atoms with Gasteiger partial charge in [-0.05, 0) is 24.3 Å². The van der Waals surface area contributed by atoms with E-state index in [0.29, 0.717) is 5.69 Å². The number of benzene rings is 2. The van der Waals surface area contributed by atoms with Crippen LogP contribution >= 0.6 is 0 Å². The third-order valence-corrected chi connectivity index (χ3v) is 3.95. The molecular formula is C19H12F3N5O. The molecule has 1 N–H and O–H groups in total. The number of aromatic nitrogens is 4. The van der Waals surface area contributed by atoms with Crippen molar-refractivity contribution < 1.29 is 18.0 Å².